The van der Waals surface area contributed by atoms with Crippen LogP contribution in [-0.4, -0.2) is 11.8 Å². The summed E-state index contributed by atoms with van der Waals surface area (Å²) in [4.78, 5) is 1.43. The van der Waals surface area contributed by atoms with Gasteiger partial charge in [0.1, 0.15) is 0 Å². The average molecular weight is 235 g/mol. The van der Waals surface area contributed by atoms with Gasteiger partial charge >= 0.3 is 0 Å². The van der Waals surface area contributed by atoms with Gasteiger partial charge < -0.3 is 5.32 Å². The Morgan fingerprint density at radius 1 is 1.44 bits per heavy atom. The van der Waals surface area contributed by atoms with Crippen LogP contribution in [0.5, 0.6) is 0 Å². The Morgan fingerprint density at radius 3 is 2.75 bits per heavy atom. The van der Waals surface area contributed by atoms with Gasteiger partial charge in [-0.2, -0.15) is 0 Å². The molecule has 1 aliphatic carbocycles. The predicted octanol–water partition coefficient (Wildman–Crippen LogP) is 3.86. The molecular weight excluding hydrogens is 214 g/mol. The molecular formula is C14H21NS. The van der Waals surface area contributed by atoms with Crippen LogP contribution in [0.3, 0.4) is 0 Å². The third-order valence-corrected chi connectivity index (χ3v) is 4.23. The molecule has 16 heavy (non-hydrogen) atoms. The van der Waals surface area contributed by atoms with E-state index in [4.69, 9.17) is 0 Å². The Kier molecular flexibility index (Phi) is 3.93. The summed E-state index contributed by atoms with van der Waals surface area (Å²) in [5, 5.41) is 3.71. The maximum atomic E-state index is 3.71. The highest BCUT2D eigenvalue weighted by atomic mass is 32.2. The van der Waals surface area contributed by atoms with Gasteiger partial charge in [-0.05, 0) is 36.6 Å². The molecule has 1 nitrogen and oxygen atoms in total. The zero-order valence-corrected chi connectivity index (χ0v) is 11.2. The number of rotatable bonds is 5. The summed E-state index contributed by atoms with van der Waals surface area (Å²) >= 11 is 1.94. The SMILES string of the molecule is CCSc1ccccc1C(C)NC1CC1C. The second kappa shape index (κ2) is 5.24. The van der Waals surface area contributed by atoms with E-state index in [1.165, 1.54) is 16.9 Å². The zero-order valence-electron chi connectivity index (χ0n) is 10.4. The molecule has 0 bridgehead atoms. The first-order chi connectivity index (χ1) is 7.72. The fraction of sp³-hybridized carbons (Fsp3) is 0.571. The molecule has 1 fully saturated rings. The summed E-state index contributed by atoms with van der Waals surface area (Å²) in [7, 11) is 0. The first-order valence-corrected chi connectivity index (χ1v) is 7.18. The summed E-state index contributed by atoms with van der Waals surface area (Å²) in [6.07, 6.45) is 1.34. The van der Waals surface area contributed by atoms with Crippen molar-refractivity contribution >= 4 is 11.8 Å². The van der Waals surface area contributed by atoms with E-state index in [1.807, 2.05) is 11.8 Å². The quantitative estimate of drug-likeness (QED) is 0.778. The molecule has 1 saturated carbocycles. The second-order valence-electron chi connectivity index (χ2n) is 4.68. The molecule has 1 aromatic carbocycles. The highest BCUT2D eigenvalue weighted by Crippen LogP contribution is 2.33. The van der Waals surface area contributed by atoms with Crippen molar-refractivity contribution in [3.05, 3.63) is 29.8 Å². The summed E-state index contributed by atoms with van der Waals surface area (Å²) in [6.45, 7) is 6.81. The summed E-state index contributed by atoms with van der Waals surface area (Å²) in [6, 6.07) is 9.98. The summed E-state index contributed by atoms with van der Waals surface area (Å²) in [5.41, 5.74) is 1.45. The Bertz CT molecular complexity index is 350. The normalized spacial score (nSPS) is 25.4. The Balaban J connectivity index is 2.05. The zero-order chi connectivity index (χ0) is 11.5. The summed E-state index contributed by atoms with van der Waals surface area (Å²) in [5.74, 6) is 2.01. The van der Waals surface area contributed by atoms with Crippen LogP contribution < -0.4 is 5.32 Å². The van der Waals surface area contributed by atoms with E-state index in [-0.39, 0.29) is 0 Å². The molecule has 0 saturated heterocycles. The minimum atomic E-state index is 0.477. The first-order valence-electron chi connectivity index (χ1n) is 6.20. The molecule has 3 unspecified atom stereocenters. The van der Waals surface area contributed by atoms with E-state index in [2.05, 4.69) is 50.4 Å². The monoisotopic (exact) mass is 235 g/mol. The van der Waals surface area contributed by atoms with E-state index in [9.17, 15) is 0 Å². The van der Waals surface area contributed by atoms with Crippen molar-refractivity contribution in [3.63, 3.8) is 0 Å². The van der Waals surface area contributed by atoms with Crippen molar-refractivity contribution < 1.29 is 0 Å². The molecule has 3 atom stereocenters. The maximum absolute atomic E-state index is 3.71. The molecule has 0 amide bonds. The molecule has 2 heteroatoms. The smallest absolute Gasteiger partial charge is 0.0305 e. The number of benzene rings is 1. The van der Waals surface area contributed by atoms with E-state index < -0.39 is 0 Å². The lowest BCUT2D eigenvalue weighted by Gasteiger charge is -2.17. The number of hydrogen-bond acceptors (Lipinski definition) is 2. The standard InChI is InChI=1S/C14H21NS/c1-4-16-14-8-6-5-7-12(14)11(3)15-13-9-10(13)2/h5-8,10-11,13,15H,4,9H2,1-3H3. The van der Waals surface area contributed by atoms with Crippen LogP contribution in [0.4, 0.5) is 0 Å². The van der Waals surface area contributed by atoms with E-state index in [1.54, 1.807) is 0 Å². The fourth-order valence-electron chi connectivity index (χ4n) is 2.09. The average Bonchev–Trinajstić information content (AvgIpc) is 2.95. The van der Waals surface area contributed by atoms with Crippen LogP contribution in [0.1, 0.15) is 38.8 Å². The highest BCUT2D eigenvalue weighted by Gasteiger charge is 2.33. The Labute approximate surface area is 103 Å². The van der Waals surface area contributed by atoms with E-state index >= 15 is 0 Å². The summed E-state index contributed by atoms with van der Waals surface area (Å²) < 4.78 is 0. The molecule has 88 valence electrons. The first kappa shape index (κ1) is 12.0. The second-order valence-corrected chi connectivity index (χ2v) is 5.98. The molecule has 0 radical (unpaired) electrons. The molecule has 0 heterocycles. The lowest BCUT2D eigenvalue weighted by atomic mass is 10.1. The number of nitrogens with one attached hydrogen (secondary N) is 1. The molecule has 1 aromatic rings. The number of thioether (sulfide) groups is 1. The van der Waals surface area contributed by atoms with Gasteiger partial charge in [0.05, 0.1) is 0 Å². The topological polar surface area (TPSA) is 12.0 Å². The highest BCUT2D eigenvalue weighted by molar-refractivity contribution is 7.99. The lowest BCUT2D eigenvalue weighted by molar-refractivity contribution is 0.545. The van der Waals surface area contributed by atoms with Gasteiger partial charge in [0.2, 0.25) is 0 Å². The van der Waals surface area contributed by atoms with Gasteiger partial charge in [-0.25, -0.2) is 0 Å². The van der Waals surface area contributed by atoms with E-state index in [0.29, 0.717) is 6.04 Å². The van der Waals surface area contributed by atoms with Crippen LogP contribution in [0, 0.1) is 5.92 Å². The molecule has 2 rings (SSSR count). The lowest BCUT2D eigenvalue weighted by Crippen LogP contribution is -2.22. The van der Waals surface area contributed by atoms with Crippen molar-refractivity contribution in [3.8, 4) is 0 Å². The van der Waals surface area contributed by atoms with Gasteiger partial charge in [-0.3, -0.25) is 0 Å². The van der Waals surface area contributed by atoms with Crippen LogP contribution in [0.15, 0.2) is 29.2 Å². The predicted molar refractivity (Wildman–Crippen MR) is 72.0 cm³/mol. The Hall–Kier alpha value is -0.470. The third kappa shape index (κ3) is 2.80. The largest absolute Gasteiger partial charge is 0.307 e. The van der Waals surface area contributed by atoms with Crippen molar-refractivity contribution in [1.29, 1.82) is 0 Å². The van der Waals surface area contributed by atoms with Crippen LogP contribution in [0.2, 0.25) is 0 Å². The molecule has 1 aliphatic rings. The number of hydrogen-bond donors (Lipinski definition) is 1. The van der Waals surface area contributed by atoms with Gasteiger partial charge in [0.25, 0.3) is 0 Å². The fourth-order valence-corrected chi connectivity index (χ4v) is 2.99. The molecule has 0 aliphatic heterocycles. The van der Waals surface area contributed by atoms with Crippen molar-refractivity contribution in [2.75, 3.05) is 5.75 Å². The molecule has 1 N–H and O–H groups in total. The van der Waals surface area contributed by atoms with Crippen LogP contribution in [-0.2, 0) is 0 Å². The van der Waals surface area contributed by atoms with Crippen LogP contribution >= 0.6 is 11.8 Å². The van der Waals surface area contributed by atoms with Gasteiger partial charge in [-0.1, -0.05) is 32.0 Å². The van der Waals surface area contributed by atoms with Gasteiger partial charge in [0, 0.05) is 17.0 Å². The minimum absolute atomic E-state index is 0.477. The van der Waals surface area contributed by atoms with E-state index in [0.717, 1.165) is 17.7 Å². The van der Waals surface area contributed by atoms with Crippen molar-refractivity contribution in [1.82, 2.24) is 5.32 Å². The van der Waals surface area contributed by atoms with Crippen molar-refractivity contribution in [2.24, 2.45) is 5.92 Å². The molecule has 0 aromatic heterocycles. The van der Waals surface area contributed by atoms with Crippen molar-refractivity contribution in [2.45, 2.75) is 44.2 Å². The van der Waals surface area contributed by atoms with Gasteiger partial charge in [0.15, 0.2) is 0 Å². The maximum Gasteiger partial charge on any atom is 0.0305 e. The van der Waals surface area contributed by atoms with Crippen LogP contribution in [0.25, 0.3) is 0 Å². The minimum Gasteiger partial charge on any atom is -0.307 e. The van der Waals surface area contributed by atoms with Gasteiger partial charge in [-0.15, -0.1) is 11.8 Å². The molecule has 0 spiro atoms. The Morgan fingerprint density at radius 2 is 2.12 bits per heavy atom. The third-order valence-electron chi connectivity index (χ3n) is 3.26.